The molecule has 0 saturated carbocycles. The van der Waals surface area contributed by atoms with E-state index < -0.39 is 47.4 Å². The highest BCUT2D eigenvalue weighted by Gasteiger charge is 2.34. The summed E-state index contributed by atoms with van der Waals surface area (Å²) in [5.41, 5.74) is -1.16. The second kappa shape index (κ2) is 7.68. The van der Waals surface area contributed by atoms with Crippen molar-refractivity contribution in [1.82, 2.24) is 10.2 Å². The van der Waals surface area contributed by atoms with Gasteiger partial charge in [-0.05, 0) is 24.1 Å². The molecule has 2 rings (SSSR count). The number of carbonyl (C=O) groups excluding carboxylic acids is 2. The van der Waals surface area contributed by atoms with Crippen molar-refractivity contribution < 1.29 is 37.8 Å². The minimum Gasteiger partial charge on any atom is -0.511 e. The molecule has 1 aromatic rings. The lowest BCUT2D eigenvalue weighted by Crippen LogP contribution is -2.43. The first-order valence-electron chi connectivity index (χ1n) is 7.88. The van der Waals surface area contributed by atoms with Crippen molar-refractivity contribution in [3.05, 3.63) is 46.2 Å². The number of hydrogen-bond donors (Lipinski definition) is 3. The number of aliphatic carboxylic acids is 1. The van der Waals surface area contributed by atoms with Crippen molar-refractivity contribution >= 4 is 17.8 Å². The number of aryl methyl sites for hydroxylation is 1. The standard InChI is InChI=1S/C17H17F3N2O5/c1-9-2-3-10(6-11(9)17(18,19)20)8-22-5-4-12(23)14(16(22)27)15(26)21-7-13(24)25/h2-3,6,23H,4-5,7-8H2,1H3,(H,21,26)(H,24,25). The van der Waals surface area contributed by atoms with Gasteiger partial charge in [0.1, 0.15) is 17.9 Å². The molecular formula is C17H17F3N2O5. The van der Waals surface area contributed by atoms with Crippen LogP contribution in [0.15, 0.2) is 29.5 Å². The molecule has 7 nitrogen and oxygen atoms in total. The number of aliphatic hydroxyl groups is 1. The number of carbonyl (C=O) groups is 3. The molecule has 2 amide bonds. The molecule has 0 unspecified atom stereocenters. The van der Waals surface area contributed by atoms with Crippen LogP contribution in [0.2, 0.25) is 0 Å². The molecular weight excluding hydrogens is 369 g/mol. The molecule has 0 spiro atoms. The van der Waals surface area contributed by atoms with E-state index in [9.17, 15) is 32.7 Å². The fraction of sp³-hybridized carbons (Fsp3) is 0.353. The highest BCUT2D eigenvalue weighted by atomic mass is 19.4. The third-order valence-electron chi connectivity index (χ3n) is 4.02. The van der Waals surface area contributed by atoms with E-state index >= 15 is 0 Å². The van der Waals surface area contributed by atoms with E-state index in [4.69, 9.17) is 5.11 Å². The van der Waals surface area contributed by atoms with Gasteiger partial charge in [0.25, 0.3) is 11.8 Å². The predicted molar refractivity (Wildman–Crippen MR) is 86.5 cm³/mol. The summed E-state index contributed by atoms with van der Waals surface area (Å²) >= 11 is 0. The summed E-state index contributed by atoms with van der Waals surface area (Å²) in [4.78, 5) is 36.1. The van der Waals surface area contributed by atoms with Crippen LogP contribution in [-0.2, 0) is 27.1 Å². The number of alkyl halides is 3. The Balaban J connectivity index is 2.21. The van der Waals surface area contributed by atoms with Gasteiger partial charge in [0.15, 0.2) is 0 Å². The first kappa shape index (κ1) is 20.3. The molecule has 0 radical (unpaired) electrons. The molecule has 0 atom stereocenters. The number of aliphatic hydroxyl groups excluding tert-OH is 1. The van der Waals surface area contributed by atoms with Gasteiger partial charge in [-0.15, -0.1) is 0 Å². The largest absolute Gasteiger partial charge is 0.511 e. The Kier molecular flexibility index (Phi) is 5.77. The van der Waals surface area contributed by atoms with Gasteiger partial charge in [-0.1, -0.05) is 12.1 Å². The van der Waals surface area contributed by atoms with Gasteiger partial charge in [0.2, 0.25) is 0 Å². The number of benzene rings is 1. The van der Waals surface area contributed by atoms with Gasteiger partial charge in [0, 0.05) is 19.5 Å². The second-order valence-electron chi connectivity index (χ2n) is 6.02. The molecule has 0 fully saturated rings. The third kappa shape index (κ3) is 4.78. The van der Waals surface area contributed by atoms with Crippen LogP contribution in [0.25, 0.3) is 0 Å². The number of carboxylic acids is 1. The summed E-state index contributed by atoms with van der Waals surface area (Å²) in [5.74, 6) is -3.75. The van der Waals surface area contributed by atoms with Crippen molar-refractivity contribution in [2.45, 2.75) is 26.1 Å². The number of nitrogens with zero attached hydrogens (tertiary/aromatic N) is 1. The highest BCUT2D eigenvalue weighted by Crippen LogP contribution is 2.32. The summed E-state index contributed by atoms with van der Waals surface area (Å²) in [7, 11) is 0. The maximum absolute atomic E-state index is 13.0. The molecule has 10 heteroatoms. The quantitative estimate of drug-likeness (QED) is 0.669. The number of amides is 2. The average molecular weight is 386 g/mol. The smallest absolute Gasteiger partial charge is 0.416 e. The van der Waals surface area contributed by atoms with Crippen LogP contribution in [0.5, 0.6) is 0 Å². The molecule has 0 bridgehead atoms. The molecule has 0 aliphatic carbocycles. The Morgan fingerprint density at radius 2 is 1.96 bits per heavy atom. The summed E-state index contributed by atoms with van der Waals surface area (Å²) in [6, 6.07) is 3.67. The van der Waals surface area contributed by atoms with Crippen LogP contribution in [-0.4, -0.2) is 46.0 Å². The third-order valence-corrected chi connectivity index (χ3v) is 4.02. The van der Waals surface area contributed by atoms with E-state index in [1.165, 1.54) is 19.1 Å². The summed E-state index contributed by atoms with van der Waals surface area (Å²) in [6.07, 6.45) is -4.61. The van der Waals surface area contributed by atoms with Gasteiger partial charge in [-0.25, -0.2) is 0 Å². The summed E-state index contributed by atoms with van der Waals surface area (Å²) < 4.78 is 39.1. The Labute approximate surface area is 152 Å². The molecule has 0 saturated heterocycles. The summed E-state index contributed by atoms with van der Waals surface area (Å²) in [5, 5.41) is 20.4. The fourth-order valence-electron chi connectivity index (χ4n) is 2.67. The Hall–Kier alpha value is -3.04. The Morgan fingerprint density at radius 3 is 2.56 bits per heavy atom. The molecule has 1 aliphatic rings. The molecule has 1 heterocycles. The van der Waals surface area contributed by atoms with Crippen molar-refractivity contribution in [2.75, 3.05) is 13.1 Å². The zero-order valence-corrected chi connectivity index (χ0v) is 14.3. The van der Waals surface area contributed by atoms with E-state index in [0.717, 1.165) is 11.0 Å². The number of nitrogens with one attached hydrogen (secondary N) is 1. The molecule has 27 heavy (non-hydrogen) atoms. The van der Waals surface area contributed by atoms with E-state index in [1.54, 1.807) is 0 Å². The topological polar surface area (TPSA) is 107 Å². The number of halogens is 3. The van der Waals surface area contributed by atoms with Gasteiger partial charge < -0.3 is 20.4 Å². The lowest BCUT2D eigenvalue weighted by Gasteiger charge is -2.28. The Bertz CT molecular complexity index is 817. The molecule has 0 aromatic heterocycles. The van der Waals surface area contributed by atoms with Gasteiger partial charge in [-0.2, -0.15) is 13.2 Å². The zero-order chi connectivity index (χ0) is 20.4. The number of hydrogen-bond acceptors (Lipinski definition) is 4. The minimum absolute atomic E-state index is 0.00953. The van der Waals surface area contributed by atoms with E-state index in [-0.39, 0.29) is 30.6 Å². The summed E-state index contributed by atoms with van der Waals surface area (Å²) in [6.45, 7) is 0.404. The monoisotopic (exact) mass is 386 g/mol. The first-order valence-corrected chi connectivity index (χ1v) is 7.88. The van der Waals surface area contributed by atoms with Gasteiger partial charge >= 0.3 is 12.1 Å². The van der Waals surface area contributed by atoms with Gasteiger partial charge in [0.05, 0.1) is 5.56 Å². The van der Waals surface area contributed by atoms with Crippen LogP contribution in [0.1, 0.15) is 23.1 Å². The lowest BCUT2D eigenvalue weighted by atomic mass is 10.0. The maximum atomic E-state index is 13.0. The normalized spacial score (nSPS) is 15.1. The van der Waals surface area contributed by atoms with E-state index in [0.29, 0.717) is 0 Å². The van der Waals surface area contributed by atoms with Gasteiger partial charge in [-0.3, -0.25) is 14.4 Å². The SMILES string of the molecule is Cc1ccc(CN2CCC(O)=C(C(=O)NCC(=O)O)C2=O)cc1C(F)(F)F. The number of carboxylic acid groups (broad SMARTS) is 1. The lowest BCUT2D eigenvalue weighted by molar-refractivity contribution is -0.139. The van der Waals surface area contributed by atoms with Crippen LogP contribution in [0.4, 0.5) is 13.2 Å². The van der Waals surface area contributed by atoms with Crippen LogP contribution < -0.4 is 5.32 Å². The maximum Gasteiger partial charge on any atom is 0.416 e. The van der Waals surface area contributed by atoms with Crippen molar-refractivity contribution in [2.24, 2.45) is 0 Å². The van der Waals surface area contributed by atoms with Crippen molar-refractivity contribution in [1.29, 1.82) is 0 Å². The van der Waals surface area contributed by atoms with Crippen molar-refractivity contribution in [3.8, 4) is 0 Å². The van der Waals surface area contributed by atoms with Crippen LogP contribution >= 0.6 is 0 Å². The molecule has 3 N–H and O–H groups in total. The van der Waals surface area contributed by atoms with E-state index in [2.05, 4.69) is 0 Å². The molecule has 146 valence electrons. The average Bonchev–Trinajstić information content (AvgIpc) is 2.56. The Morgan fingerprint density at radius 1 is 1.30 bits per heavy atom. The van der Waals surface area contributed by atoms with E-state index in [1.807, 2.05) is 5.32 Å². The fourth-order valence-corrected chi connectivity index (χ4v) is 2.67. The highest BCUT2D eigenvalue weighted by molar-refractivity contribution is 6.19. The van der Waals surface area contributed by atoms with Crippen LogP contribution in [0.3, 0.4) is 0 Å². The van der Waals surface area contributed by atoms with Crippen molar-refractivity contribution in [3.63, 3.8) is 0 Å². The molecule has 1 aliphatic heterocycles. The minimum atomic E-state index is -4.54. The predicted octanol–water partition coefficient (Wildman–Crippen LogP) is 1.76. The first-order chi connectivity index (χ1) is 12.5. The molecule has 1 aromatic carbocycles. The zero-order valence-electron chi connectivity index (χ0n) is 14.3. The second-order valence-corrected chi connectivity index (χ2v) is 6.02. The number of rotatable bonds is 5. The van der Waals surface area contributed by atoms with Crippen LogP contribution in [0, 0.1) is 6.92 Å².